The summed E-state index contributed by atoms with van der Waals surface area (Å²) >= 11 is 14.2. The molecule has 0 bridgehead atoms. The smallest absolute Gasteiger partial charge is 0.338 e. The minimum atomic E-state index is -1.02. The number of esters is 1. The number of halogens is 2. The van der Waals surface area contributed by atoms with Crippen molar-refractivity contribution in [1.29, 1.82) is 0 Å². The first kappa shape index (κ1) is 30.8. The molecule has 1 aromatic heterocycles. The van der Waals surface area contributed by atoms with Crippen molar-refractivity contribution in [1.82, 2.24) is 20.1 Å². The molecule has 2 atom stereocenters. The highest BCUT2D eigenvalue weighted by Crippen LogP contribution is 2.38. The van der Waals surface area contributed by atoms with E-state index >= 15 is 0 Å². The van der Waals surface area contributed by atoms with E-state index in [1.807, 2.05) is 22.4 Å². The van der Waals surface area contributed by atoms with Gasteiger partial charge in [0, 0.05) is 77.4 Å². The fourth-order valence-corrected chi connectivity index (χ4v) is 6.86. The van der Waals surface area contributed by atoms with Crippen molar-refractivity contribution < 1.29 is 24.2 Å². The van der Waals surface area contributed by atoms with Gasteiger partial charge >= 0.3 is 18.0 Å². The van der Waals surface area contributed by atoms with E-state index in [1.165, 1.54) is 24.5 Å². The zero-order valence-corrected chi connectivity index (χ0v) is 26.3. The Hall–Kier alpha value is -4.23. The van der Waals surface area contributed by atoms with Gasteiger partial charge in [-0.05, 0) is 35.9 Å². The molecule has 2 aromatic carbocycles. The van der Waals surface area contributed by atoms with Crippen LogP contribution in [0.4, 0.5) is 10.5 Å². The van der Waals surface area contributed by atoms with Crippen molar-refractivity contribution in [3.8, 4) is 0 Å². The Morgan fingerprint density at radius 1 is 1.16 bits per heavy atom. The zero-order valence-electron chi connectivity index (χ0n) is 24.0. The molecule has 3 aliphatic heterocycles. The van der Waals surface area contributed by atoms with Crippen molar-refractivity contribution in [2.75, 3.05) is 44.7 Å². The van der Waals surface area contributed by atoms with Crippen LogP contribution in [-0.2, 0) is 14.3 Å². The van der Waals surface area contributed by atoms with Gasteiger partial charge in [-0.2, -0.15) is 0 Å². The van der Waals surface area contributed by atoms with E-state index in [0.717, 1.165) is 17.3 Å². The second-order valence-corrected chi connectivity index (χ2v) is 12.4. The first-order valence-electron chi connectivity index (χ1n) is 14.0. The highest BCUT2D eigenvalue weighted by molar-refractivity contribution is 7.11. The van der Waals surface area contributed by atoms with Crippen molar-refractivity contribution >= 4 is 70.1 Å². The molecule has 3 aliphatic rings. The fraction of sp³-hybridized carbons (Fsp3) is 0.258. The minimum absolute atomic E-state index is 0.0720. The van der Waals surface area contributed by atoms with Crippen LogP contribution in [0.25, 0.3) is 6.08 Å². The maximum Gasteiger partial charge on any atom is 0.338 e. The first-order valence-corrected chi connectivity index (χ1v) is 15.7. The van der Waals surface area contributed by atoms with E-state index in [-0.39, 0.29) is 12.1 Å². The van der Waals surface area contributed by atoms with E-state index in [0.29, 0.717) is 70.4 Å². The quantitative estimate of drug-likeness (QED) is 0.262. The Morgan fingerprint density at radius 3 is 2.64 bits per heavy atom. The molecular formula is C31H28Cl2N6O5S. The number of carbonyl (C=O) groups is 3. The third-order valence-electron chi connectivity index (χ3n) is 7.86. The molecule has 14 heteroatoms. The number of urea groups is 1. The maximum absolute atomic E-state index is 13.4. The highest BCUT2D eigenvalue weighted by atomic mass is 35.5. The number of carboxylic acid groups (broad SMARTS) is 1. The molecule has 0 unspecified atom stereocenters. The molecule has 0 radical (unpaired) electrons. The van der Waals surface area contributed by atoms with Crippen LogP contribution in [0.3, 0.4) is 0 Å². The van der Waals surface area contributed by atoms with Gasteiger partial charge in [-0.3, -0.25) is 14.8 Å². The maximum atomic E-state index is 13.4. The molecule has 4 heterocycles. The number of piperazine rings is 1. The Labute approximate surface area is 273 Å². The number of aromatic nitrogens is 1. The summed E-state index contributed by atoms with van der Waals surface area (Å²) in [6, 6.07) is 11.4. The summed E-state index contributed by atoms with van der Waals surface area (Å²) in [4.78, 5) is 52.6. The van der Waals surface area contributed by atoms with Gasteiger partial charge in [0.15, 0.2) is 10.8 Å². The average molecular weight is 668 g/mol. The number of amidine groups is 1. The SMILES string of the molecule is COC(=O)C1=C(CN2CCN3C(=O)N(c4ccc(/C=C/C(=O)O)cc4)C[C@@H]3C2)NC(c2nccs2)=N[C@H]1c1ccc(Cl)cc1Cl. The van der Waals surface area contributed by atoms with Gasteiger partial charge in [-0.15, -0.1) is 11.3 Å². The van der Waals surface area contributed by atoms with Gasteiger partial charge in [0.2, 0.25) is 0 Å². The molecule has 0 spiro atoms. The number of methoxy groups -OCH3 is 1. The molecule has 11 nitrogen and oxygen atoms in total. The number of nitrogens with one attached hydrogen (secondary N) is 1. The number of nitrogens with zero attached hydrogens (tertiary/aromatic N) is 5. The van der Waals surface area contributed by atoms with Gasteiger partial charge in [-0.25, -0.2) is 19.4 Å². The molecule has 0 aliphatic carbocycles. The van der Waals surface area contributed by atoms with E-state index in [9.17, 15) is 14.4 Å². The summed E-state index contributed by atoms with van der Waals surface area (Å²) in [6.07, 6.45) is 4.27. The van der Waals surface area contributed by atoms with Crippen molar-refractivity contribution in [3.05, 3.63) is 97.6 Å². The van der Waals surface area contributed by atoms with Crippen LogP contribution in [0, 0.1) is 0 Å². The van der Waals surface area contributed by atoms with Gasteiger partial charge < -0.3 is 20.1 Å². The van der Waals surface area contributed by atoms with Crippen molar-refractivity contribution in [2.45, 2.75) is 12.1 Å². The van der Waals surface area contributed by atoms with Crippen LogP contribution in [0.15, 0.2) is 76.4 Å². The standard InChI is InChI=1S/C31H28Cl2N6O5S/c1-44-30(42)26-24(35-28(29-34-10-13-45-29)36-27(26)22-8-5-19(32)14-23(22)33)17-37-11-12-38-21(15-37)16-39(31(38)43)20-6-2-18(3-7-20)4-9-25(40)41/h2-10,13-14,21,27H,11-12,15-17H2,1H3,(H,35,36)(H,40,41)/b9-4+/t21-,27-/m0/s1. The van der Waals surface area contributed by atoms with Crippen LogP contribution in [-0.4, -0.2) is 89.6 Å². The number of amides is 2. The summed E-state index contributed by atoms with van der Waals surface area (Å²) < 4.78 is 5.23. The monoisotopic (exact) mass is 666 g/mol. The van der Waals surface area contributed by atoms with Crippen LogP contribution in [0.1, 0.15) is 22.2 Å². The number of carboxylic acids is 1. The summed E-state index contributed by atoms with van der Waals surface area (Å²) in [5, 5.41) is 15.6. The largest absolute Gasteiger partial charge is 0.478 e. The predicted molar refractivity (Wildman–Crippen MR) is 173 cm³/mol. The molecule has 2 fully saturated rings. The number of hydrogen-bond acceptors (Lipinski definition) is 9. The summed E-state index contributed by atoms with van der Waals surface area (Å²) in [5.41, 5.74) is 3.04. The Bertz CT molecular complexity index is 1730. The molecule has 2 amide bonds. The molecule has 232 valence electrons. The van der Waals surface area contributed by atoms with Crippen LogP contribution < -0.4 is 10.2 Å². The van der Waals surface area contributed by atoms with Crippen LogP contribution in [0.2, 0.25) is 10.0 Å². The lowest BCUT2D eigenvalue weighted by Crippen LogP contribution is -2.53. The summed E-state index contributed by atoms with van der Waals surface area (Å²) in [5.74, 6) is -1.03. The number of aliphatic carboxylic acids is 1. The molecule has 45 heavy (non-hydrogen) atoms. The fourth-order valence-electron chi connectivity index (χ4n) is 5.76. The summed E-state index contributed by atoms with van der Waals surface area (Å²) in [6.45, 7) is 2.55. The number of carbonyl (C=O) groups excluding carboxylic acids is 2. The van der Waals surface area contributed by atoms with Crippen molar-refractivity contribution in [2.24, 2.45) is 4.99 Å². The van der Waals surface area contributed by atoms with E-state index in [4.69, 9.17) is 38.0 Å². The van der Waals surface area contributed by atoms with E-state index in [2.05, 4.69) is 15.2 Å². The second kappa shape index (κ2) is 13.0. The second-order valence-electron chi connectivity index (χ2n) is 10.6. The van der Waals surface area contributed by atoms with Crippen LogP contribution in [0.5, 0.6) is 0 Å². The lowest BCUT2D eigenvalue weighted by molar-refractivity contribution is -0.136. The van der Waals surface area contributed by atoms with Gasteiger partial charge in [-0.1, -0.05) is 41.4 Å². The van der Waals surface area contributed by atoms with Crippen LogP contribution >= 0.6 is 34.5 Å². The predicted octanol–water partition coefficient (Wildman–Crippen LogP) is 4.69. The summed E-state index contributed by atoms with van der Waals surface area (Å²) in [7, 11) is 1.33. The zero-order chi connectivity index (χ0) is 31.7. The Kier molecular flexibility index (Phi) is 8.90. The number of thiazole rings is 1. The molecule has 6 rings (SSSR count). The number of benzene rings is 2. The first-order chi connectivity index (χ1) is 21.7. The van der Waals surface area contributed by atoms with Gasteiger partial charge in [0.05, 0.1) is 18.7 Å². The van der Waals surface area contributed by atoms with Gasteiger partial charge in [0.25, 0.3) is 0 Å². The lowest BCUT2D eigenvalue weighted by Gasteiger charge is -2.38. The third kappa shape index (κ3) is 6.45. The molecule has 2 N–H and O–H groups in total. The minimum Gasteiger partial charge on any atom is -0.478 e. The Balaban J connectivity index is 1.25. The lowest BCUT2D eigenvalue weighted by atomic mass is 9.95. The van der Waals surface area contributed by atoms with Crippen molar-refractivity contribution in [3.63, 3.8) is 0 Å². The highest BCUT2D eigenvalue weighted by Gasteiger charge is 2.42. The number of rotatable bonds is 8. The molecule has 3 aromatic rings. The number of fused-ring (bicyclic) bond motifs is 1. The number of aliphatic imine (C=N–C) groups is 1. The molecule has 0 saturated carbocycles. The molecule has 2 saturated heterocycles. The topological polar surface area (TPSA) is 128 Å². The normalized spacial score (nSPS) is 20.3. The Morgan fingerprint density at radius 2 is 1.96 bits per heavy atom. The van der Waals surface area contributed by atoms with E-state index in [1.54, 1.807) is 41.4 Å². The number of ether oxygens (including phenoxy) is 1. The number of anilines is 1. The average Bonchev–Trinajstić information content (AvgIpc) is 3.68. The third-order valence-corrected chi connectivity index (χ3v) is 9.21. The number of hydrogen-bond donors (Lipinski definition) is 2. The van der Waals surface area contributed by atoms with E-state index < -0.39 is 18.0 Å². The van der Waals surface area contributed by atoms with Gasteiger partial charge in [0.1, 0.15) is 6.04 Å². The molecular weight excluding hydrogens is 639 g/mol.